The van der Waals surface area contributed by atoms with Crippen LogP contribution in [-0.2, 0) is 6.42 Å². The van der Waals surface area contributed by atoms with Crippen LogP contribution < -0.4 is 5.73 Å². The van der Waals surface area contributed by atoms with Gasteiger partial charge in [0.25, 0.3) is 0 Å². The number of nitrogens with two attached hydrogens (primary N) is 1. The predicted octanol–water partition coefficient (Wildman–Crippen LogP) is 3.15. The van der Waals surface area contributed by atoms with Gasteiger partial charge in [-0.3, -0.25) is 0 Å². The van der Waals surface area contributed by atoms with E-state index in [9.17, 15) is 0 Å². The zero-order valence-electron chi connectivity index (χ0n) is 9.74. The summed E-state index contributed by atoms with van der Waals surface area (Å²) in [6, 6.07) is 6.19. The maximum Gasteiger partial charge on any atom is 0.194 e. The third kappa shape index (κ3) is 2.87. The Kier molecular flexibility index (Phi) is 4.17. The molecule has 0 aliphatic heterocycles. The lowest BCUT2D eigenvalue weighted by Crippen LogP contribution is -2.00. The fraction of sp³-hybridized carbons (Fsp3) is 0.308. The molecule has 3 nitrogen and oxygen atoms in total. The molecule has 0 saturated carbocycles. The van der Waals surface area contributed by atoms with Crippen LogP contribution in [-0.4, -0.2) is 11.5 Å². The normalized spacial score (nSPS) is 10.8. The first kappa shape index (κ1) is 12.6. The van der Waals surface area contributed by atoms with E-state index in [4.69, 9.17) is 10.2 Å². The van der Waals surface area contributed by atoms with Gasteiger partial charge in [-0.2, -0.15) is 0 Å². The number of hydrogen-bond donors (Lipinski definition) is 1. The zero-order valence-corrected chi connectivity index (χ0v) is 11.9. The van der Waals surface area contributed by atoms with Gasteiger partial charge in [-0.1, -0.05) is 18.2 Å². The van der Waals surface area contributed by atoms with Gasteiger partial charge >= 0.3 is 0 Å². The highest BCUT2D eigenvalue weighted by Crippen LogP contribution is 2.28. The Balaban J connectivity index is 2.27. The molecule has 0 radical (unpaired) electrons. The minimum absolute atomic E-state index is 0.666. The van der Waals surface area contributed by atoms with Gasteiger partial charge in [0.15, 0.2) is 11.7 Å². The average Bonchev–Trinajstić information content (AvgIpc) is 2.78. The van der Waals surface area contributed by atoms with Crippen LogP contribution in [0.5, 0.6) is 0 Å². The Morgan fingerprint density at radius 3 is 3.00 bits per heavy atom. The van der Waals surface area contributed by atoms with Crippen LogP contribution in [0.4, 0.5) is 0 Å². The molecule has 17 heavy (non-hydrogen) atoms. The molecule has 0 spiro atoms. The fourth-order valence-electron chi connectivity index (χ4n) is 1.64. The number of benzene rings is 1. The van der Waals surface area contributed by atoms with Crippen molar-refractivity contribution in [3.05, 3.63) is 39.4 Å². The van der Waals surface area contributed by atoms with Crippen LogP contribution in [0.2, 0.25) is 0 Å². The third-order valence-electron chi connectivity index (χ3n) is 2.61. The molecule has 0 bridgehead atoms. The van der Waals surface area contributed by atoms with E-state index < -0.39 is 0 Å². The Labute approximate surface area is 115 Å². The van der Waals surface area contributed by atoms with E-state index in [0.29, 0.717) is 6.54 Å². The molecule has 4 heteroatoms. The van der Waals surface area contributed by atoms with Crippen LogP contribution in [0.15, 0.2) is 28.8 Å². The largest absolute Gasteiger partial charge is 0.441 e. The zero-order chi connectivity index (χ0) is 12.3. The number of halogens is 1. The molecule has 2 N–H and O–H groups in total. The summed E-state index contributed by atoms with van der Waals surface area (Å²) in [4.78, 5) is 4.28. The van der Waals surface area contributed by atoms with Crippen molar-refractivity contribution in [3.8, 4) is 11.3 Å². The van der Waals surface area contributed by atoms with Crippen LogP contribution in [0, 0.1) is 10.5 Å². The fourth-order valence-corrected chi connectivity index (χ4v) is 2.27. The minimum Gasteiger partial charge on any atom is -0.441 e. The molecular weight excluding hydrogens is 327 g/mol. The van der Waals surface area contributed by atoms with E-state index in [-0.39, 0.29) is 0 Å². The molecule has 0 amide bonds. The molecule has 0 aliphatic rings. The standard InChI is InChI=1S/C13H15IN2O/c1-9-4-2-5-10(13(9)14)11-8-16-12(17-11)6-3-7-15/h2,4-5,8H,3,6-7,15H2,1H3. The Morgan fingerprint density at radius 1 is 1.41 bits per heavy atom. The van der Waals surface area contributed by atoms with E-state index in [1.807, 2.05) is 6.07 Å². The second-order valence-electron chi connectivity index (χ2n) is 3.95. The molecule has 2 rings (SSSR count). The SMILES string of the molecule is Cc1cccc(-c2cnc(CCCN)o2)c1I. The Morgan fingerprint density at radius 2 is 2.24 bits per heavy atom. The van der Waals surface area contributed by atoms with E-state index in [1.54, 1.807) is 6.20 Å². The minimum atomic E-state index is 0.666. The van der Waals surface area contributed by atoms with Crippen molar-refractivity contribution in [1.29, 1.82) is 0 Å². The Bertz CT molecular complexity index is 508. The second-order valence-corrected chi connectivity index (χ2v) is 5.03. The first-order chi connectivity index (χ1) is 8.22. The van der Waals surface area contributed by atoms with Crippen molar-refractivity contribution in [2.45, 2.75) is 19.8 Å². The van der Waals surface area contributed by atoms with Gasteiger partial charge in [-0.15, -0.1) is 0 Å². The average molecular weight is 342 g/mol. The summed E-state index contributed by atoms with van der Waals surface area (Å²) in [7, 11) is 0. The molecule has 0 atom stereocenters. The molecule has 1 aromatic heterocycles. The number of aryl methyl sites for hydroxylation is 2. The molecule has 1 heterocycles. The van der Waals surface area contributed by atoms with E-state index in [0.717, 1.165) is 30.1 Å². The number of aromatic nitrogens is 1. The summed E-state index contributed by atoms with van der Waals surface area (Å²) in [5.74, 6) is 1.60. The van der Waals surface area contributed by atoms with Crippen LogP contribution in [0.1, 0.15) is 17.9 Å². The second kappa shape index (κ2) is 5.64. The van der Waals surface area contributed by atoms with Gasteiger partial charge in [0.1, 0.15) is 0 Å². The van der Waals surface area contributed by atoms with Crippen LogP contribution in [0.3, 0.4) is 0 Å². The van der Waals surface area contributed by atoms with Crippen molar-refractivity contribution >= 4 is 22.6 Å². The van der Waals surface area contributed by atoms with Gasteiger partial charge in [-0.05, 0) is 48.0 Å². The smallest absolute Gasteiger partial charge is 0.194 e. The first-order valence-corrected chi connectivity index (χ1v) is 6.70. The van der Waals surface area contributed by atoms with Gasteiger partial charge in [-0.25, -0.2) is 4.98 Å². The van der Waals surface area contributed by atoms with E-state index in [2.05, 4.69) is 46.6 Å². The maximum atomic E-state index is 5.74. The summed E-state index contributed by atoms with van der Waals surface area (Å²) in [5.41, 5.74) is 7.83. The molecule has 90 valence electrons. The first-order valence-electron chi connectivity index (χ1n) is 5.62. The molecule has 0 unspecified atom stereocenters. The molecule has 2 aromatic rings. The lowest BCUT2D eigenvalue weighted by molar-refractivity contribution is 0.499. The molecular formula is C13H15IN2O. The number of hydrogen-bond acceptors (Lipinski definition) is 3. The maximum absolute atomic E-state index is 5.74. The van der Waals surface area contributed by atoms with Crippen molar-refractivity contribution < 1.29 is 4.42 Å². The summed E-state index contributed by atoms with van der Waals surface area (Å²) >= 11 is 2.34. The highest BCUT2D eigenvalue weighted by atomic mass is 127. The monoisotopic (exact) mass is 342 g/mol. The summed E-state index contributed by atoms with van der Waals surface area (Å²) in [6.07, 6.45) is 3.51. The van der Waals surface area contributed by atoms with Crippen molar-refractivity contribution in [2.75, 3.05) is 6.54 Å². The van der Waals surface area contributed by atoms with Crippen molar-refractivity contribution in [2.24, 2.45) is 5.73 Å². The molecule has 0 fully saturated rings. The highest BCUT2D eigenvalue weighted by Gasteiger charge is 2.10. The van der Waals surface area contributed by atoms with Crippen molar-refractivity contribution in [1.82, 2.24) is 4.98 Å². The highest BCUT2D eigenvalue weighted by molar-refractivity contribution is 14.1. The number of nitrogens with zero attached hydrogens (tertiary/aromatic N) is 1. The Hall–Kier alpha value is -0.880. The number of rotatable bonds is 4. The van der Waals surface area contributed by atoms with Crippen LogP contribution in [0.25, 0.3) is 11.3 Å². The molecule has 0 aliphatic carbocycles. The van der Waals surface area contributed by atoms with Gasteiger partial charge < -0.3 is 10.2 Å². The van der Waals surface area contributed by atoms with E-state index >= 15 is 0 Å². The third-order valence-corrected chi connectivity index (χ3v) is 4.04. The quantitative estimate of drug-likeness (QED) is 0.869. The molecule has 0 saturated heterocycles. The van der Waals surface area contributed by atoms with Gasteiger partial charge in [0, 0.05) is 15.6 Å². The summed E-state index contributed by atoms with van der Waals surface area (Å²) < 4.78 is 6.95. The number of oxazole rings is 1. The van der Waals surface area contributed by atoms with Crippen molar-refractivity contribution in [3.63, 3.8) is 0 Å². The summed E-state index contributed by atoms with van der Waals surface area (Å²) in [5, 5.41) is 0. The van der Waals surface area contributed by atoms with Gasteiger partial charge in [0.05, 0.1) is 6.20 Å². The summed E-state index contributed by atoms with van der Waals surface area (Å²) in [6.45, 7) is 2.76. The van der Waals surface area contributed by atoms with Gasteiger partial charge in [0.2, 0.25) is 0 Å². The predicted molar refractivity (Wildman–Crippen MR) is 76.8 cm³/mol. The van der Waals surface area contributed by atoms with E-state index in [1.165, 1.54) is 9.13 Å². The molecule has 1 aromatic carbocycles. The lowest BCUT2D eigenvalue weighted by atomic mass is 10.1. The topological polar surface area (TPSA) is 52.0 Å². The van der Waals surface area contributed by atoms with Crippen LogP contribution >= 0.6 is 22.6 Å². The lowest BCUT2D eigenvalue weighted by Gasteiger charge is -2.03.